The first-order valence-corrected chi connectivity index (χ1v) is 14.1. The van der Waals surface area contributed by atoms with E-state index in [0.717, 1.165) is 12.1 Å². The average Bonchev–Trinajstić information content (AvgIpc) is 2.99. The Kier molecular flexibility index (Phi) is 7.91. The summed E-state index contributed by atoms with van der Waals surface area (Å²) in [5.41, 5.74) is 4.70. The van der Waals surface area contributed by atoms with Crippen molar-refractivity contribution in [3.8, 4) is 5.75 Å². The van der Waals surface area contributed by atoms with Crippen LogP contribution in [0.3, 0.4) is 0 Å². The number of carbonyl (C=O) groups excluding carboxylic acids is 1. The number of carboxylic acids is 2. The van der Waals surface area contributed by atoms with Crippen molar-refractivity contribution in [3.05, 3.63) is 90.0 Å². The summed E-state index contributed by atoms with van der Waals surface area (Å²) in [6.07, 6.45) is 0. The van der Waals surface area contributed by atoms with Gasteiger partial charge in [0.1, 0.15) is 10.6 Å². The van der Waals surface area contributed by atoms with Crippen molar-refractivity contribution < 1.29 is 42.7 Å². The minimum absolute atomic E-state index is 0.0150. The summed E-state index contributed by atoms with van der Waals surface area (Å²) < 4.78 is 34.3. The molecule has 15 nitrogen and oxygen atoms in total. The summed E-state index contributed by atoms with van der Waals surface area (Å²) in [6.45, 7) is 0. The molecule has 0 fully saturated rings. The number of phenolic OH excluding ortho intramolecular Hbond substituents is 1. The number of anilines is 1. The van der Waals surface area contributed by atoms with Gasteiger partial charge >= 0.3 is 18.0 Å². The molecule has 0 spiro atoms. The lowest BCUT2D eigenvalue weighted by Crippen LogP contribution is -2.19. The van der Waals surface area contributed by atoms with E-state index in [2.05, 4.69) is 25.8 Å². The van der Waals surface area contributed by atoms with Gasteiger partial charge < -0.3 is 26.4 Å². The molecule has 0 saturated heterocycles. The molecule has 2 amide bonds. The SMILES string of the molecule is NC(=O)Nc1ccc2cc(S(=O)(=O)O)c(N=Nc3ccc(N=Nc4cc(C(=O)O)cc(C(=O)O)c4)c4ccccc34)c(O)c2c1. The van der Waals surface area contributed by atoms with Gasteiger partial charge in [-0.15, -0.1) is 15.3 Å². The monoisotopic (exact) mass is 628 g/mol. The molecular formula is C29H20N6O9S. The summed E-state index contributed by atoms with van der Waals surface area (Å²) in [7, 11) is -4.89. The van der Waals surface area contributed by atoms with Crippen molar-refractivity contribution in [3.63, 3.8) is 0 Å². The van der Waals surface area contributed by atoms with Gasteiger partial charge in [-0.25, -0.2) is 14.4 Å². The number of azo groups is 2. The van der Waals surface area contributed by atoms with Crippen LogP contribution in [0, 0.1) is 0 Å². The third-order valence-corrected chi connectivity index (χ3v) is 7.29. The Bertz CT molecular complexity index is 2200. The number of hydrogen-bond acceptors (Lipinski definition) is 10. The number of benzene rings is 5. The standard InChI is InChI=1S/C29H20N6O9S/c30-29(41)31-17-6-5-14-12-24(45(42,43)44)25(26(36)21(14)13-17)35-34-23-8-7-22(19-3-1-2-4-20(19)23)33-32-18-10-15(27(37)38)9-16(11-18)28(39)40/h1-13,36H,(H,37,38)(H,39,40)(H3,30,31,41)(H,42,43,44). The maximum Gasteiger partial charge on any atom is 0.335 e. The second-order valence-corrected chi connectivity index (χ2v) is 10.8. The molecule has 0 heterocycles. The number of nitrogens with one attached hydrogen (secondary N) is 1. The zero-order valence-corrected chi connectivity index (χ0v) is 23.4. The van der Waals surface area contributed by atoms with Gasteiger partial charge in [-0.3, -0.25) is 4.55 Å². The number of carbonyl (C=O) groups is 3. The number of fused-ring (bicyclic) bond motifs is 2. The van der Waals surface area contributed by atoms with Gasteiger partial charge in [0.2, 0.25) is 0 Å². The first-order valence-electron chi connectivity index (χ1n) is 12.6. The highest BCUT2D eigenvalue weighted by atomic mass is 32.2. The average molecular weight is 629 g/mol. The Hall–Kier alpha value is -6.26. The summed E-state index contributed by atoms with van der Waals surface area (Å²) in [5.74, 6) is -3.32. The highest BCUT2D eigenvalue weighted by Gasteiger charge is 2.22. The summed E-state index contributed by atoms with van der Waals surface area (Å²) in [4.78, 5) is 33.4. The normalized spacial score (nSPS) is 11.8. The van der Waals surface area contributed by atoms with Crippen molar-refractivity contribution in [2.24, 2.45) is 26.2 Å². The van der Waals surface area contributed by atoms with Crippen LogP contribution in [0.5, 0.6) is 5.75 Å². The van der Waals surface area contributed by atoms with Gasteiger partial charge in [0, 0.05) is 21.8 Å². The number of carboxylic acid groups (broad SMARTS) is 2. The molecule has 0 aromatic heterocycles. The molecule has 226 valence electrons. The number of nitrogens with zero attached hydrogens (tertiary/aromatic N) is 4. The molecular weight excluding hydrogens is 608 g/mol. The molecule has 0 bridgehead atoms. The molecule has 5 aromatic rings. The van der Waals surface area contributed by atoms with Crippen LogP contribution in [-0.2, 0) is 10.1 Å². The van der Waals surface area contributed by atoms with Crippen LogP contribution in [0.25, 0.3) is 21.5 Å². The molecule has 0 aliphatic rings. The summed E-state index contributed by atoms with van der Waals surface area (Å²) in [5, 5.41) is 49.5. The molecule has 0 aliphatic heterocycles. The first-order chi connectivity index (χ1) is 21.3. The number of amides is 2. The Morgan fingerprint density at radius 3 is 1.82 bits per heavy atom. The Morgan fingerprint density at radius 1 is 0.711 bits per heavy atom. The van der Waals surface area contributed by atoms with E-state index in [1.165, 1.54) is 42.5 Å². The van der Waals surface area contributed by atoms with Crippen LogP contribution in [0.15, 0.2) is 104 Å². The number of urea groups is 1. The summed E-state index contributed by atoms with van der Waals surface area (Å²) in [6, 6.07) is 17.4. The van der Waals surface area contributed by atoms with Gasteiger partial charge in [0.15, 0.2) is 5.75 Å². The number of nitrogens with two attached hydrogens (primary N) is 1. The molecule has 0 saturated carbocycles. The molecule has 45 heavy (non-hydrogen) atoms. The zero-order chi connectivity index (χ0) is 32.5. The van der Waals surface area contributed by atoms with Gasteiger partial charge in [0.05, 0.1) is 28.2 Å². The smallest absolute Gasteiger partial charge is 0.335 e. The van der Waals surface area contributed by atoms with Crippen LogP contribution in [-0.4, -0.2) is 46.3 Å². The van der Waals surface area contributed by atoms with E-state index in [0.29, 0.717) is 16.5 Å². The molecule has 0 aliphatic carbocycles. The number of hydrogen-bond donors (Lipinski definition) is 6. The molecule has 5 rings (SSSR count). The topological polar surface area (TPSA) is 254 Å². The number of aromatic carboxylic acids is 2. The third-order valence-electron chi connectivity index (χ3n) is 6.42. The van der Waals surface area contributed by atoms with E-state index in [9.17, 15) is 42.7 Å². The second-order valence-electron chi connectivity index (χ2n) is 9.40. The molecule has 16 heteroatoms. The fourth-order valence-corrected chi connectivity index (χ4v) is 5.09. The predicted octanol–water partition coefficient (Wildman–Crippen LogP) is 6.66. The maximum absolute atomic E-state index is 12.2. The van der Waals surface area contributed by atoms with Crippen LogP contribution in [0.1, 0.15) is 20.7 Å². The molecule has 7 N–H and O–H groups in total. The van der Waals surface area contributed by atoms with Crippen molar-refractivity contribution in [2.45, 2.75) is 4.90 Å². The lowest BCUT2D eigenvalue weighted by molar-refractivity contribution is 0.0696. The molecule has 0 unspecified atom stereocenters. The predicted molar refractivity (Wildman–Crippen MR) is 161 cm³/mol. The van der Waals surface area contributed by atoms with Crippen molar-refractivity contribution in [1.82, 2.24) is 0 Å². The fourth-order valence-electron chi connectivity index (χ4n) is 4.43. The number of rotatable bonds is 8. The summed E-state index contributed by atoms with van der Waals surface area (Å²) >= 11 is 0. The number of phenols is 1. The second kappa shape index (κ2) is 11.8. The molecule has 5 aromatic carbocycles. The van der Waals surface area contributed by atoms with Crippen LogP contribution in [0.2, 0.25) is 0 Å². The first kappa shape index (κ1) is 30.2. The van der Waals surface area contributed by atoms with Gasteiger partial charge in [-0.05, 0) is 53.9 Å². The van der Waals surface area contributed by atoms with Crippen LogP contribution in [0.4, 0.5) is 33.2 Å². The van der Waals surface area contributed by atoms with Crippen molar-refractivity contribution in [2.75, 3.05) is 5.32 Å². The Labute approximate surface area is 252 Å². The van der Waals surface area contributed by atoms with E-state index < -0.39 is 44.4 Å². The molecule has 0 atom stereocenters. The van der Waals surface area contributed by atoms with Crippen molar-refractivity contribution in [1.29, 1.82) is 0 Å². The quantitative estimate of drug-likeness (QED) is 0.0791. The largest absolute Gasteiger partial charge is 0.505 e. The van der Waals surface area contributed by atoms with E-state index in [4.69, 9.17) is 5.73 Å². The van der Waals surface area contributed by atoms with Crippen molar-refractivity contribution >= 4 is 78.1 Å². The van der Waals surface area contributed by atoms with Gasteiger partial charge in [0.25, 0.3) is 10.1 Å². The van der Waals surface area contributed by atoms with Crippen LogP contribution < -0.4 is 11.1 Å². The minimum atomic E-state index is -4.89. The van der Waals surface area contributed by atoms with Gasteiger partial charge in [-0.2, -0.15) is 13.5 Å². The van der Waals surface area contributed by atoms with Gasteiger partial charge in [-0.1, -0.05) is 30.3 Å². The maximum atomic E-state index is 12.2. The van der Waals surface area contributed by atoms with E-state index in [-0.39, 0.29) is 39.0 Å². The third kappa shape index (κ3) is 6.41. The highest BCUT2D eigenvalue weighted by Crippen LogP contribution is 2.43. The molecule has 0 radical (unpaired) electrons. The zero-order valence-electron chi connectivity index (χ0n) is 22.6. The number of aromatic hydroxyl groups is 1. The van der Waals surface area contributed by atoms with Crippen LogP contribution >= 0.6 is 0 Å². The van der Waals surface area contributed by atoms with E-state index >= 15 is 0 Å². The Morgan fingerprint density at radius 2 is 1.29 bits per heavy atom. The minimum Gasteiger partial charge on any atom is -0.505 e. The highest BCUT2D eigenvalue weighted by molar-refractivity contribution is 7.86. The fraction of sp³-hybridized carbons (Fsp3) is 0. The van der Waals surface area contributed by atoms with E-state index in [1.54, 1.807) is 24.3 Å². The van der Waals surface area contributed by atoms with E-state index in [1.807, 2.05) is 0 Å². The lowest BCUT2D eigenvalue weighted by Gasteiger charge is -2.11. The lowest BCUT2D eigenvalue weighted by atomic mass is 10.1. The Balaban J connectivity index is 1.59. The number of primary amides is 1.